The number of hydrogen-bond acceptors (Lipinski definition) is 5. The summed E-state index contributed by atoms with van der Waals surface area (Å²) >= 11 is 6.03. The lowest BCUT2D eigenvalue weighted by atomic mass is 9.99. The lowest BCUT2D eigenvalue weighted by molar-refractivity contribution is 0.133. The van der Waals surface area contributed by atoms with E-state index >= 15 is 0 Å². The van der Waals surface area contributed by atoms with Crippen molar-refractivity contribution in [2.45, 2.75) is 25.3 Å². The van der Waals surface area contributed by atoms with E-state index in [-0.39, 0.29) is 5.28 Å². The van der Waals surface area contributed by atoms with Gasteiger partial charge in [-0.2, -0.15) is 15.1 Å². The molecule has 2 aliphatic heterocycles. The van der Waals surface area contributed by atoms with E-state index in [0.29, 0.717) is 11.7 Å². The van der Waals surface area contributed by atoms with Gasteiger partial charge >= 0.3 is 0 Å². The first kappa shape index (κ1) is 12.3. The van der Waals surface area contributed by atoms with E-state index in [1.165, 1.54) is 25.8 Å². The zero-order chi connectivity index (χ0) is 13.5. The highest BCUT2D eigenvalue weighted by atomic mass is 35.5. The van der Waals surface area contributed by atoms with Gasteiger partial charge in [0.15, 0.2) is 5.65 Å². The van der Waals surface area contributed by atoms with Crippen LogP contribution in [0.15, 0.2) is 6.20 Å². The molecule has 2 saturated heterocycles. The monoisotopic (exact) mass is 292 g/mol. The van der Waals surface area contributed by atoms with E-state index in [9.17, 15) is 0 Å². The van der Waals surface area contributed by atoms with Crippen LogP contribution in [0.5, 0.6) is 0 Å². The molecule has 2 fully saturated rings. The molecule has 1 N–H and O–H groups in total. The maximum Gasteiger partial charge on any atom is 0.226 e. The predicted molar refractivity (Wildman–Crippen MR) is 78.1 cm³/mol. The number of rotatable bonds is 1. The highest BCUT2D eigenvalue weighted by Crippen LogP contribution is 2.28. The Hall–Kier alpha value is -1.40. The quantitative estimate of drug-likeness (QED) is 0.810. The Balaban J connectivity index is 1.67. The number of aromatic amines is 1. The Morgan fingerprint density at radius 1 is 1.20 bits per heavy atom. The minimum absolute atomic E-state index is 0.280. The number of aromatic nitrogens is 4. The van der Waals surface area contributed by atoms with Crippen LogP contribution in [0.1, 0.15) is 19.3 Å². The summed E-state index contributed by atoms with van der Waals surface area (Å²) in [6.45, 7) is 4.35. The van der Waals surface area contributed by atoms with Crippen LogP contribution in [0.25, 0.3) is 11.0 Å². The smallest absolute Gasteiger partial charge is 0.226 e. The molecule has 2 aromatic heterocycles. The largest absolute Gasteiger partial charge is 0.353 e. The zero-order valence-corrected chi connectivity index (χ0v) is 12.0. The molecule has 7 heteroatoms. The Morgan fingerprint density at radius 2 is 2.15 bits per heavy atom. The summed E-state index contributed by atoms with van der Waals surface area (Å²) in [5, 5.41) is 8.17. The topological polar surface area (TPSA) is 60.9 Å². The van der Waals surface area contributed by atoms with Gasteiger partial charge in [-0.3, -0.25) is 10.00 Å². The molecule has 0 saturated carbocycles. The molecule has 0 aliphatic carbocycles. The predicted octanol–water partition coefficient (Wildman–Crippen LogP) is 1.68. The number of anilines is 1. The second-order valence-corrected chi connectivity index (χ2v) is 5.92. The molecule has 0 amide bonds. The Bertz CT molecular complexity index is 626. The minimum atomic E-state index is 0.280. The van der Waals surface area contributed by atoms with E-state index in [2.05, 4.69) is 30.0 Å². The average Bonchev–Trinajstić information content (AvgIpc) is 2.94. The zero-order valence-electron chi connectivity index (χ0n) is 11.2. The summed E-state index contributed by atoms with van der Waals surface area (Å²) in [6.07, 6.45) is 5.74. The first-order chi connectivity index (χ1) is 9.81. The fourth-order valence-corrected chi connectivity index (χ4v) is 3.55. The van der Waals surface area contributed by atoms with Crippen molar-refractivity contribution in [2.75, 3.05) is 31.1 Å². The van der Waals surface area contributed by atoms with Gasteiger partial charge in [-0.15, -0.1) is 0 Å². The summed E-state index contributed by atoms with van der Waals surface area (Å²) in [4.78, 5) is 13.5. The highest BCUT2D eigenvalue weighted by molar-refractivity contribution is 6.28. The SMILES string of the molecule is Clc1nc(N2CCN3CCCCC3C2)c2cn[nH]c2n1. The number of nitrogens with one attached hydrogen (secondary N) is 1. The second kappa shape index (κ2) is 4.86. The van der Waals surface area contributed by atoms with Gasteiger partial charge in [0.2, 0.25) is 5.28 Å². The van der Waals surface area contributed by atoms with Gasteiger partial charge in [0.25, 0.3) is 0 Å². The summed E-state index contributed by atoms with van der Waals surface area (Å²) in [5.41, 5.74) is 0.714. The summed E-state index contributed by atoms with van der Waals surface area (Å²) in [6, 6.07) is 0.646. The van der Waals surface area contributed by atoms with Crippen molar-refractivity contribution in [3.05, 3.63) is 11.5 Å². The molecular weight excluding hydrogens is 276 g/mol. The van der Waals surface area contributed by atoms with Crippen molar-refractivity contribution >= 4 is 28.5 Å². The molecule has 1 unspecified atom stereocenters. The lowest BCUT2D eigenvalue weighted by Gasteiger charge is -2.44. The van der Waals surface area contributed by atoms with Gasteiger partial charge < -0.3 is 4.90 Å². The Morgan fingerprint density at radius 3 is 3.10 bits per heavy atom. The molecule has 2 aromatic rings. The van der Waals surface area contributed by atoms with Crippen molar-refractivity contribution < 1.29 is 0 Å². The first-order valence-corrected chi connectivity index (χ1v) is 7.55. The van der Waals surface area contributed by atoms with Gasteiger partial charge in [0.05, 0.1) is 11.6 Å². The summed E-state index contributed by atoms with van der Waals surface area (Å²) < 4.78 is 0. The van der Waals surface area contributed by atoms with Crippen LogP contribution < -0.4 is 4.90 Å². The van der Waals surface area contributed by atoms with E-state index in [0.717, 1.165) is 30.8 Å². The number of piperidine rings is 1. The van der Waals surface area contributed by atoms with Gasteiger partial charge in [-0.1, -0.05) is 6.42 Å². The van der Waals surface area contributed by atoms with Crippen molar-refractivity contribution in [2.24, 2.45) is 0 Å². The molecule has 4 rings (SSSR count). The van der Waals surface area contributed by atoms with Gasteiger partial charge in [-0.25, -0.2) is 0 Å². The standard InChI is InChI=1S/C13H17ClN6/c14-13-16-11-10(7-15-18-11)12(17-13)20-6-5-19-4-2-1-3-9(19)8-20/h7,9H,1-6,8H2,(H,15,16,17,18). The molecule has 0 radical (unpaired) electrons. The molecule has 0 aromatic carbocycles. The molecule has 4 heterocycles. The number of fused-ring (bicyclic) bond motifs is 2. The van der Waals surface area contributed by atoms with Crippen LogP contribution in [0.4, 0.5) is 5.82 Å². The van der Waals surface area contributed by atoms with Gasteiger partial charge in [-0.05, 0) is 31.0 Å². The lowest BCUT2D eigenvalue weighted by Crippen LogP contribution is -2.55. The van der Waals surface area contributed by atoms with Crippen LogP contribution in [-0.4, -0.2) is 57.3 Å². The van der Waals surface area contributed by atoms with Crippen molar-refractivity contribution in [3.8, 4) is 0 Å². The van der Waals surface area contributed by atoms with Crippen LogP contribution in [0.2, 0.25) is 5.28 Å². The average molecular weight is 293 g/mol. The Kier molecular flexibility index (Phi) is 3.00. The molecular formula is C13H17ClN6. The van der Waals surface area contributed by atoms with Crippen LogP contribution >= 0.6 is 11.6 Å². The number of halogens is 1. The van der Waals surface area contributed by atoms with Crippen molar-refractivity contribution in [1.82, 2.24) is 25.1 Å². The molecule has 6 nitrogen and oxygen atoms in total. The fourth-order valence-electron chi connectivity index (χ4n) is 3.38. The summed E-state index contributed by atoms with van der Waals surface area (Å²) in [5.74, 6) is 0.916. The third-order valence-electron chi connectivity index (χ3n) is 4.40. The maximum atomic E-state index is 6.03. The minimum Gasteiger partial charge on any atom is -0.353 e. The number of hydrogen-bond donors (Lipinski definition) is 1. The van der Waals surface area contributed by atoms with Crippen molar-refractivity contribution in [1.29, 1.82) is 0 Å². The molecule has 0 bridgehead atoms. The number of H-pyrrole nitrogens is 1. The van der Waals surface area contributed by atoms with Crippen LogP contribution in [0, 0.1) is 0 Å². The van der Waals surface area contributed by atoms with E-state index in [1.54, 1.807) is 6.20 Å². The number of nitrogens with zero attached hydrogens (tertiary/aromatic N) is 5. The molecule has 20 heavy (non-hydrogen) atoms. The third-order valence-corrected chi connectivity index (χ3v) is 4.57. The van der Waals surface area contributed by atoms with E-state index in [4.69, 9.17) is 11.6 Å². The van der Waals surface area contributed by atoms with Gasteiger partial charge in [0, 0.05) is 25.7 Å². The first-order valence-electron chi connectivity index (χ1n) is 7.17. The molecule has 2 aliphatic rings. The van der Waals surface area contributed by atoms with Gasteiger partial charge in [0.1, 0.15) is 5.82 Å². The van der Waals surface area contributed by atoms with Crippen LogP contribution in [-0.2, 0) is 0 Å². The summed E-state index contributed by atoms with van der Waals surface area (Å²) in [7, 11) is 0. The maximum absolute atomic E-state index is 6.03. The fraction of sp³-hybridized carbons (Fsp3) is 0.615. The van der Waals surface area contributed by atoms with E-state index in [1.807, 2.05) is 0 Å². The molecule has 0 spiro atoms. The highest BCUT2D eigenvalue weighted by Gasteiger charge is 2.30. The Labute approximate surface area is 122 Å². The van der Waals surface area contributed by atoms with E-state index < -0.39 is 0 Å². The number of piperazine rings is 1. The molecule has 1 atom stereocenters. The van der Waals surface area contributed by atoms with Crippen LogP contribution in [0.3, 0.4) is 0 Å². The normalized spacial score (nSPS) is 24.1. The second-order valence-electron chi connectivity index (χ2n) is 5.58. The molecule has 106 valence electrons. The third kappa shape index (κ3) is 2.03. The van der Waals surface area contributed by atoms with Crippen molar-refractivity contribution in [3.63, 3.8) is 0 Å².